The molecule has 0 atom stereocenters. The van der Waals surface area contributed by atoms with E-state index in [0.717, 1.165) is 10.1 Å². The summed E-state index contributed by atoms with van der Waals surface area (Å²) in [5, 5.41) is 11.1. The van der Waals surface area contributed by atoms with E-state index >= 15 is 0 Å². The summed E-state index contributed by atoms with van der Waals surface area (Å²) in [5.41, 5.74) is 2.71. The smallest absolute Gasteiger partial charge is 0.293 e. The maximum Gasteiger partial charge on any atom is 0.293 e. The lowest BCUT2D eigenvalue weighted by Gasteiger charge is -2.00. The number of carbonyl (C=O) groups excluding carboxylic acids is 1. The Morgan fingerprint density at radius 2 is 1.90 bits per heavy atom. The molecule has 0 aliphatic rings. The van der Waals surface area contributed by atoms with Gasteiger partial charge in [-0.1, -0.05) is 65.1 Å². The lowest BCUT2D eigenvalue weighted by molar-refractivity contribution is 0.0997. The number of nitrogens with one attached hydrogen (secondary N) is 1. The molecule has 4 aromatic rings. The van der Waals surface area contributed by atoms with Gasteiger partial charge in [0.2, 0.25) is 5.13 Å². The number of nitrogens with zero attached hydrogens (tertiary/aromatic N) is 2. The van der Waals surface area contributed by atoms with E-state index in [4.69, 9.17) is 4.42 Å². The van der Waals surface area contributed by atoms with Crippen molar-refractivity contribution in [3.8, 4) is 11.3 Å². The Morgan fingerprint density at radius 1 is 1.10 bits per heavy atom. The summed E-state index contributed by atoms with van der Waals surface area (Å²) in [5.74, 6) is 0.270. The molecule has 8 heteroatoms. The van der Waals surface area contributed by atoms with Crippen molar-refractivity contribution in [3.05, 3.63) is 83.4 Å². The molecule has 4 rings (SSSR count). The standard InChI is InChI=1S/C21H16FN3O2S2/c1-13-6-8-14(9-7-13)12-28-21-25-24-20(29-21)23-19(26)18-11-10-17(27-18)15-4-2-3-5-16(15)22/h2-11H,12H2,1H3,(H,23,24,26). The van der Waals surface area contributed by atoms with Crippen molar-refractivity contribution in [2.45, 2.75) is 17.0 Å². The molecule has 5 nitrogen and oxygen atoms in total. The topological polar surface area (TPSA) is 68.0 Å². The Hall–Kier alpha value is -2.97. The van der Waals surface area contributed by atoms with Crippen molar-refractivity contribution < 1.29 is 13.6 Å². The number of anilines is 1. The molecule has 1 N–H and O–H groups in total. The van der Waals surface area contributed by atoms with Crippen LogP contribution in [0.25, 0.3) is 11.3 Å². The molecule has 0 aliphatic carbocycles. The van der Waals surface area contributed by atoms with Crippen molar-refractivity contribution in [3.63, 3.8) is 0 Å². The maximum absolute atomic E-state index is 13.9. The van der Waals surface area contributed by atoms with Crippen molar-refractivity contribution >= 4 is 34.1 Å². The van der Waals surface area contributed by atoms with E-state index < -0.39 is 11.7 Å². The second-order valence-electron chi connectivity index (χ2n) is 6.25. The van der Waals surface area contributed by atoms with Gasteiger partial charge in [0, 0.05) is 5.75 Å². The fraction of sp³-hybridized carbons (Fsp3) is 0.0952. The van der Waals surface area contributed by atoms with Crippen LogP contribution in [0.5, 0.6) is 0 Å². The summed E-state index contributed by atoms with van der Waals surface area (Å²) in [6.45, 7) is 2.05. The number of carbonyl (C=O) groups is 1. The summed E-state index contributed by atoms with van der Waals surface area (Å²) in [6, 6.07) is 17.6. The molecule has 0 aliphatic heterocycles. The molecule has 2 heterocycles. The average Bonchev–Trinajstić information content (AvgIpc) is 3.38. The number of amides is 1. The summed E-state index contributed by atoms with van der Waals surface area (Å²) >= 11 is 2.85. The number of halogens is 1. The molecule has 0 unspecified atom stereocenters. The van der Waals surface area contributed by atoms with Crippen LogP contribution in [-0.2, 0) is 5.75 Å². The van der Waals surface area contributed by atoms with Crippen LogP contribution in [0.1, 0.15) is 21.7 Å². The first-order valence-corrected chi connectivity index (χ1v) is 10.6. The van der Waals surface area contributed by atoms with E-state index in [2.05, 4.69) is 46.7 Å². The third-order valence-corrected chi connectivity index (χ3v) is 6.12. The van der Waals surface area contributed by atoms with Gasteiger partial charge in [-0.25, -0.2) is 4.39 Å². The number of benzene rings is 2. The fourth-order valence-corrected chi connectivity index (χ4v) is 4.28. The highest BCUT2D eigenvalue weighted by molar-refractivity contribution is 8.00. The molecule has 29 heavy (non-hydrogen) atoms. The Labute approximate surface area is 175 Å². The predicted molar refractivity (Wildman–Crippen MR) is 113 cm³/mol. The van der Waals surface area contributed by atoms with Gasteiger partial charge < -0.3 is 4.42 Å². The van der Waals surface area contributed by atoms with E-state index in [1.807, 2.05) is 0 Å². The number of rotatable bonds is 6. The van der Waals surface area contributed by atoms with Crippen molar-refractivity contribution in [2.75, 3.05) is 5.32 Å². The van der Waals surface area contributed by atoms with Crippen molar-refractivity contribution in [1.82, 2.24) is 10.2 Å². The van der Waals surface area contributed by atoms with E-state index in [9.17, 15) is 9.18 Å². The molecule has 0 fully saturated rings. The Kier molecular flexibility index (Phi) is 5.73. The summed E-state index contributed by atoms with van der Waals surface area (Å²) in [7, 11) is 0. The Balaban J connectivity index is 1.38. The number of furan rings is 1. The van der Waals surface area contributed by atoms with Crippen molar-refractivity contribution in [2.24, 2.45) is 0 Å². The predicted octanol–water partition coefficient (Wildman–Crippen LogP) is 5.79. The van der Waals surface area contributed by atoms with Crippen LogP contribution in [-0.4, -0.2) is 16.1 Å². The zero-order valence-corrected chi connectivity index (χ0v) is 17.0. The van der Waals surface area contributed by atoms with Gasteiger partial charge in [-0.2, -0.15) is 0 Å². The molecule has 1 amide bonds. The zero-order chi connectivity index (χ0) is 20.2. The lowest BCUT2D eigenvalue weighted by Crippen LogP contribution is -2.10. The Morgan fingerprint density at radius 3 is 2.69 bits per heavy atom. The van der Waals surface area contributed by atoms with Gasteiger partial charge in [0.05, 0.1) is 5.56 Å². The molecule has 146 valence electrons. The van der Waals surface area contributed by atoms with Gasteiger partial charge in [0.15, 0.2) is 10.1 Å². The average molecular weight is 426 g/mol. The van der Waals surface area contributed by atoms with Gasteiger partial charge in [-0.15, -0.1) is 10.2 Å². The van der Waals surface area contributed by atoms with Crippen LogP contribution in [0, 0.1) is 12.7 Å². The van der Waals surface area contributed by atoms with Crippen LogP contribution in [0.3, 0.4) is 0 Å². The number of hydrogen-bond donors (Lipinski definition) is 1. The minimum Gasteiger partial charge on any atom is -0.451 e. The first-order chi connectivity index (χ1) is 14.1. The molecule has 2 aromatic heterocycles. The number of aryl methyl sites for hydroxylation is 1. The number of thioether (sulfide) groups is 1. The highest BCUT2D eigenvalue weighted by Crippen LogP contribution is 2.29. The number of hydrogen-bond acceptors (Lipinski definition) is 6. The molecule has 2 aromatic carbocycles. The molecule has 0 spiro atoms. The van der Waals surface area contributed by atoms with Crippen LogP contribution >= 0.6 is 23.1 Å². The van der Waals surface area contributed by atoms with Gasteiger partial charge in [0.25, 0.3) is 5.91 Å². The van der Waals surface area contributed by atoms with E-state index in [-0.39, 0.29) is 5.76 Å². The van der Waals surface area contributed by atoms with Crippen molar-refractivity contribution in [1.29, 1.82) is 0 Å². The number of aromatic nitrogens is 2. The highest BCUT2D eigenvalue weighted by Gasteiger charge is 2.16. The minimum atomic E-state index is -0.459. The highest BCUT2D eigenvalue weighted by atomic mass is 32.2. The maximum atomic E-state index is 13.9. The van der Waals surface area contributed by atoms with E-state index in [1.165, 1.54) is 34.6 Å². The normalized spacial score (nSPS) is 10.8. The largest absolute Gasteiger partial charge is 0.451 e. The van der Waals surface area contributed by atoms with Crippen LogP contribution in [0.15, 0.2) is 69.4 Å². The van der Waals surface area contributed by atoms with Gasteiger partial charge in [-0.05, 0) is 36.8 Å². The lowest BCUT2D eigenvalue weighted by atomic mass is 10.1. The first kappa shape index (κ1) is 19.4. The van der Waals surface area contributed by atoms with Crippen LogP contribution in [0.4, 0.5) is 9.52 Å². The monoisotopic (exact) mass is 425 g/mol. The van der Waals surface area contributed by atoms with E-state index in [0.29, 0.717) is 16.5 Å². The second-order valence-corrected chi connectivity index (χ2v) is 8.45. The van der Waals surface area contributed by atoms with E-state index in [1.54, 1.807) is 36.0 Å². The fourth-order valence-electron chi connectivity index (χ4n) is 2.57. The SMILES string of the molecule is Cc1ccc(CSc2nnc(NC(=O)c3ccc(-c4ccccc4F)o3)s2)cc1. The minimum absolute atomic E-state index is 0.0762. The molecule has 0 bridgehead atoms. The van der Waals surface area contributed by atoms with Crippen LogP contribution in [0.2, 0.25) is 0 Å². The van der Waals surface area contributed by atoms with Gasteiger partial charge >= 0.3 is 0 Å². The molecule has 0 saturated heterocycles. The van der Waals surface area contributed by atoms with Gasteiger partial charge in [-0.3, -0.25) is 10.1 Å². The van der Waals surface area contributed by atoms with Gasteiger partial charge in [0.1, 0.15) is 11.6 Å². The molecular weight excluding hydrogens is 409 g/mol. The third kappa shape index (κ3) is 4.72. The Bertz CT molecular complexity index is 1140. The third-order valence-electron chi connectivity index (χ3n) is 4.08. The first-order valence-electron chi connectivity index (χ1n) is 8.76. The molecule has 0 radical (unpaired) electrons. The van der Waals surface area contributed by atoms with Crippen LogP contribution < -0.4 is 5.32 Å². The zero-order valence-electron chi connectivity index (χ0n) is 15.4. The second kappa shape index (κ2) is 8.59. The summed E-state index contributed by atoms with van der Waals surface area (Å²) in [4.78, 5) is 12.4. The summed E-state index contributed by atoms with van der Waals surface area (Å²) < 4.78 is 20.1. The summed E-state index contributed by atoms with van der Waals surface area (Å²) in [6.07, 6.45) is 0. The molecule has 0 saturated carbocycles. The quantitative estimate of drug-likeness (QED) is 0.313. The molecular formula is C21H16FN3O2S2.